The van der Waals surface area contributed by atoms with E-state index in [0.717, 1.165) is 116 Å². The van der Waals surface area contributed by atoms with Crippen molar-refractivity contribution in [2.24, 2.45) is 30.0 Å². The van der Waals surface area contributed by atoms with E-state index in [4.69, 9.17) is 58.4 Å². The average molecular weight is 1580 g/mol. The van der Waals surface area contributed by atoms with Crippen molar-refractivity contribution in [1.82, 2.24) is 0 Å². The minimum atomic E-state index is -0.478. The van der Waals surface area contributed by atoms with Crippen molar-refractivity contribution in [1.29, 1.82) is 0 Å². The number of fused-ring (bicyclic) bond motifs is 2. The Morgan fingerprint density at radius 3 is 0.707 bits per heavy atom. The topological polar surface area (TPSA) is 251 Å². The van der Waals surface area contributed by atoms with Gasteiger partial charge in [0.25, 0.3) is 0 Å². The number of ether oxygens (including phenoxy) is 6. The predicted molar refractivity (Wildman–Crippen MR) is 476 cm³/mol. The molecule has 0 radical (unpaired) electrons. The third kappa shape index (κ3) is 27.8. The number of unbranched alkanes of at least 4 members (excludes halogenated alkanes) is 26. The summed E-state index contributed by atoms with van der Waals surface area (Å²) in [7, 11) is 0. The zero-order valence-electron chi connectivity index (χ0n) is 69.7. The van der Waals surface area contributed by atoms with E-state index < -0.39 is 23.0 Å². The quantitative estimate of drug-likeness (QED) is 0.0154. The van der Waals surface area contributed by atoms with E-state index in [1.165, 1.54) is 121 Å². The van der Waals surface area contributed by atoms with E-state index in [2.05, 4.69) is 41.5 Å². The van der Waals surface area contributed by atoms with E-state index in [1.807, 2.05) is 60.7 Å². The number of hydrogen-bond acceptors (Lipinski definition) is 18. The Bertz CT molecular complexity index is 4240. The van der Waals surface area contributed by atoms with Gasteiger partial charge in [-0.25, -0.2) is 9.98 Å². The molecule has 0 amide bonds. The zero-order valence-corrected chi connectivity index (χ0v) is 69.7. The van der Waals surface area contributed by atoms with E-state index in [0.29, 0.717) is 96.6 Å². The van der Waals surface area contributed by atoms with Gasteiger partial charge in [0.2, 0.25) is 0 Å². The largest absolute Gasteiger partial charge is 0.507 e. The van der Waals surface area contributed by atoms with Gasteiger partial charge in [0.05, 0.1) is 85.2 Å². The predicted octanol–water partition coefficient (Wildman–Crippen LogP) is 26.4. The minimum Gasteiger partial charge on any atom is -0.507 e. The summed E-state index contributed by atoms with van der Waals surface area (Å²) in [4.78, 5) is 31.0. The Morgan fingerprint density at radius 2 is 0.448 bits per heavy atom. The van der Waals surface area contributed by atoms with Crippen molar-refractivity contribution in [2.75, 3.05) is 39.6 Å². The molecule has 0 aliphatic carbocycles. The molecule has 0 fully saturated rings. The summed E-state index contributed by atoms with van der Waals surface area (Å²) >= 11 is 0. The summed E-state index contributed by atoms with van der Waals surface area (Å²) in [6.45, 7) is 15.4. The van der Waals surface area contributed by atoms with Crippen LogP contribution >= 0.6 is 0 Å². The molecule has 116 heavy (non-hydrogen) atoms. The lowest BCUT2D eigenvalue weighted by atomic mass is 9.94. The molecule has 0 atom stereocenters. The molecule has 0 aromatic heterocycles. The molecule has 18 heteroatoms. The van der Waals surface area contributed by atoms with E-state index >= 15 is 0 Å². The Balaban J connectivity index is 1.26. The van der Waals surface area contributed by atoms with Crippen LogP contribution in [0.3, 0.4) is 0 Å². The van der Waals surface area contributed by atoms with Gasteiger partial charge in [-0.3, -0.25) is 20.0 Å². The van der Waals surface area contributed by atoms with Crippen LogP contribution in [0, 0.1) is 0 Å². The van der Waals surface area contributed by atoms with Crippen LogP contribution in [0.25, 0.3) is 0 Å². The molecule has 18 nitrogen and oxygen atoms in total. The maximum atomic E-state index is 12.4. The first-order valence-corrected chi connectivity index (χ1v) is 43.3. The van der Waals surface area contributed by atoms with Crippen molar-refractivity contribution in [3.05, 3.63) is 178 Å². The first-order valence-electron chi connectivity index (χ1n) is 43.3. The molecule has 0 unspecified atom stereocenters. The fraction of sp³-hybridized carbons (Fsp3) is 0.449. The van der Waals surface area contributed by atoms with Crippen molar-refractivity contribution in [3.63, 3.8) is 0 Å². The fourth-order valence-electron chi connectivity index (χ4n) is 13.7. The average Bonchev–Trinajstić information content (AvgIpc) is 0.782. The van der Waals surface area contributed by atoms with Crippen molar-refractivity contribution in [2.45, 2.75) is 247 Å². The van der Waals surface area contributed by atoms with Crippen LogP contribution in [0.5, 0.6) is 69.0 Å². The van der Waals surface area contributed by atoms with Crippen LogP contribution in [-0.2, 0) is 0 Å². The van der Waals surface area contributed by atoms with Crippen molar-refractivity contribution < 1.29 is 59.1 Å². The van der Waals surface area contributed by atoms with E-state index in [-0.39, 0.29) is 79.1 Å². The number of aliphatic imine (C=N–C) groups is 6. The maximum Gasteiger partial charge on any atom is 0.167 e. The molecule has 3 aliphatic rings. The van der Waals surface area contributed by atoms with Crippen molar-refractivity contribution >= 4 is 70.4 Å². The second-order valence-corrected chi connectivity index (χ2v) is 30.1. The highest BCUT2D eigenvalue weighted by atomic mass is 16.5. The fourth-order valence-corrected chi connectivity index (χ4v) is 13.7. The second-order valence-electron chi connectivity index (χ2n) is 30.1. The zero-order chi connectivity index (χ0) is 81.9. The summed E-state index contributed by atoms with van der Waals surface area (Å²) in [6.07, 6.45) is 40.0. The van der Waals surface area contributed by atoms with Gasteiger partial charge >= 0.3 is 0 Å². The number of aromatic hydroxyl groups is 6. The molecular weight excluding hydrogens is 1450 g/mol. The molecule has 620 valence electrons. The number of rotatable bonds is 46. The first-order chi connectivity index (χ1) is 56.9. The normalized spacial score (nSPS) is 12.2. The molecule has 8 aromatic rings. The van der Waals surface area contributed by atoms with Gasteiger partial charge in [0.1, 0.15) is 11.5 Å². The molecule has 11 rings (SSSR count). The molecule has 6 N–H and O–H groups in total. The molecule has 3 aliphatic heterocycles. The van der Waals surface area contributed by atoms with Crippen LogP contribution in [-0.4, -0.2) is 107 Å². The SMILES string of the molecule is CCCCCCCCCCCCOc1cc2c(cc1OCCCCCCCCCCCC)N=Cc1ccc(c(O)c1O)C=Nc1cc(OCCCCC)c(OCCCCC)cc1N=C(c1ccccc1)c1cc(c(O)cc1O)C(c1ccccc1)=Nc1cc(OCCCCC)c(OCCCCC)cc1N=Cc1ccc(c(O)c1O)C=N2. The van der Waals surface area contributed by atoms with Gasteiger partial charge < -0.3 is 59.1 Å². The van der Waals surface area contributed by atoms with Crippen LogP contribution in [0.2, 0.25) is 0 Å². The van der Waals surface area contributed by atoms with Crippen molar-refractivity contribution in [3.8, 4) is 69.0 Å². The minimum absolute atomic E-state index is 0.157. The highest BCUT2D eigenvalue weighted by Crippen LogP contribution is 2.47. The standard InChI is InChI=1S/C98H126N6O12/c1-7-13-19-21-23-25-27-29-31-43-57-115-87-60-79-80(61-88(87)116-58-44-32-30-28-26-24-22-20-14-8-2)100-68-74-50-52-76(98(110)96(74)108)70-102-82-63-90(112-54-40-16-10-4)92(114-56-42-18-12-6)65-84(82)104-94(72-47-37-34-38-48-72)78-59-77(85(105)66-86(78)106)93(71-45-35-33-36-46-71)103-83-64-91(113-55-41-17-11-5)89(111-53-39-15-9-3)62-81(83)101-69-75-51-49-73(67-99-79)95(107)97(75)109/h33-38,45-52,59-70,105-110H,7-32,39-44,53-58H2,1-6H3. The van der Waals surface area contributed by atoms with Crippen LogP contribution in [0.1, 0.15) is 292 Å². The van der Waals surface area contributed by atoms with Crippen LogP contribution in [0.15, 0.2) is 163 Å². The van der Waals surface area contributed by atoms with Gasteiger partial charge in [-0.05, 0) is 68.9 Å². The highest BCUT2D eigenvalue weighted by Gasteiger charge is 2.25. The smallest absolute Gasteiger partial charge is 0.167 e. The lowest BCUT2D eigenvalue weighted by molar-refractivity contribution is 0.258. The Morgan fingerprint density at radius 1 is 0.233 bits per heavy atom. The molecular formula is C98H126N6O12. The molecule has 0 saturated carbocycles. The summed E-state index contributed by atoms with van der Waals surface area (Å²) < 4.78 is 39.6. The van der Waals surface area contributed by atoms with Gasteiger partial charge in [0.15, 0.2) is 57.5 Å². The monoisotopic (exact) mass is 1580 g/mol. The summed E-state index contributed by atoms with van der Waals surface area (Å²) in [5.74, 6) is 0.105. The summed E-state index contributed by atoms with van der Waals surface area (Å²) in [5, 5.41) is 73.2. The van der Waals surface area contributed by atoms with Gasteiger partial charge in [0, 0.05) is 112 Å². The van der Waals surface area contributed by atoms with Crippen LogP contribution < -0.4 is 28.4 Å². The molecule has 0 saturated heterocycles. The Hall–Kier alpha value is -10.6. The third-order valence-electron chi connectivity index (χ3n) is 20.6. The number of phenolic OH excluding ortho intramolecular Hbond substituents is 6. The van der Waals surface area contributed by atoms with Gasteiger partial charge in [-0.1, -0.05) is 269 Å². The molecule has 6 bridgehead atoms. The lowest BCUT2D eigenvalue weighted by Crippen LogP contribution is -2.09. The highest BCUT2D eigenvalue weighted by molar-refractivity contribution is 6.20. The summed E-state index contributed by atoms with van der Waals surface area (Å²) in [6, 6.07) is 38.7. The number of nitrogens with zero attached hydrogens (tertiary/aromatic N) is 6. The van der Waals surface area contributed by atoms with E-state index in [9.17, 15) is 30.6 Å². The molecule has 0 spiro atoms. The Labute approximate surface area is 689 Å². The van der Waals surface area contributed by atoms with Gasteiger partial charge in [-0.15, -0.1) is 0 Å². The third-order valence-corrected chi connectivity index (χ3v) is 20.6. The summed E-state index contributed by atoms with van der Waals surface area (Å²) in [5.41, 5.74) is 4.55. The van der Waals surface area contributed by atoms with Gasteiger partial charge in [-0.2, -0.15) is 0 Å². The first kappa shape index (κ1) is 89.3. The Kier molecular flexibility index (Phi) is 38.5. The van der Waals surface area contributed by atoms with E-state index in [1.54, 1.807) is 66.7 Å². The second kappa shape index (κ2) is 50.0. The number of benzene rings is 8. The molecule has 3 heterocycles. The lowest BCUT2D eigenvalue weighted by Gasteiger charge is -2.18. The number of hydrogen-bond donors (Lipinski definition) is 6. The maximum absolute atomic E-state index is 12.4. The van der Waals surface area contributed by atoms with Crippen LogP contribution in [0.4, 0.5) is 34.1 Å². The number of phenols is 6. The molecule has 8 aromatic carbocycles.